The number of carbonyl (C=O) groups is 1. The Kier molecular flexibility index (Phi) is 4.67. The van der Waals surface area contributed by atoms with Crippen LogP contribution in [-0.2, 0) is 4.79 Å². The third-order valence-electron chi connectivity index (χ3n) is 3.27. The second kappa shape index (κ2) is 7.06. The quantitative estimate of drug-likeness (QED) is 0.716. The van der Waals surface area contributed by atoms with Gasteiger partial charge in [-0.1, -0.05) is 0 Å². The summed E-state index contributed by atoms with van der Waals surface area (Å²) in [6.45, 7) is 1.77. The van der Waals surface area contributed by atoms with Crippen molar-refractivity contribution in [3.63, 3.8) is 0 Å². The van der Waals surface area contributed by atoms with E-state index in [0.29, 0.717) is 17.2 Å². The van der Waals surface area contributed by atoms with Gasteiger partial charge in [0.25, 0.3) is 5.56 Å². The third kappa shape index (κ3) is 4.05. The molecule has 0 atom stereocenters. The standard InChI is InChI=1S/C18H15N3O2S/c1-12-10-17(23)21-18(19-12)14-3-5-15(6-4-14)20-16(22)7-2-13-8-9-24-11-13/h2-11H,1H3,(H,20,22)(H,19,21,23)/b7-2-. The maximum absolute atomic E-state index is 11.9. The van der Waals surface area contributed by atoms with E-state index in [-0.39, 0.29) is 11.5 Å². The normalized spacial score (nSPS) is 10.9. The molecular formula is C18H15N3O2S. The van der Waals surface area contributed by atoms with Gasteiger partial charge < -0.3 is 10.3 Å². The van der Waals surface area contributed by atoms with Gasteiger partial charge in [0, 0.05) is 29.1 Å². The van der Waals surface area contributed by atoms with Crippen LogP contribution < -0.4 is 10.9 Å². The van der Waals surface area contributed by atoms with Gasteiger partial charge in [-0.25, -0.2) is 4.98 Å². The van der Waals surface area contributed by atoms with E-state index in [9.17, 15) is 9.59 Å². The minimum absolute atomic E-state index is 0.187. The molecule has 0 aliphatic heterocycles. The molecule has 0 spiro atoms. The summed E-state index contributed by atoms with van der Waals surface area (Å²) in [5, 5.41) is 6.72. The molecule has 24 heavy (non-hydrogen) atoms. The Labute approximate surface area is 142 Å². The minimum atomic E-state index is -0.198. The molecule has 2 heterocycles. The summed E-state index contributed by atoms with van der Waals surface area (Å²) in [5.74, 6) is 0.311. The summed E-state index contributed by atoms with van der Waals surface area (Å²) in [6, 6.07) is 10.5. The molecule has 0 fully saturated rings. The lowest BCUT2D eigenvalue weighted by molar-refractivity contribution is -0.111. The van der Waals surface area contributed by atoms with Crippen LogP contribution in [0.5, 0.6) is 0 Å². The second-order valence-corrected chi connectivity index (χ2v) is 5.97. The van der Waals surface area contributed by atoms with Gasteiger partial charge in [0.15, 0.2) is 0 Å². The highest BCUT2D eigenvalue weighted by Gasteiger charge is 2.03. The first-order valence-electron chi connectivity index (χ1n) is 7.30. The summed E-state index contributed by atoms with van der Waals surface area (Å²) in [5.41, 5.74) is 2.93. The van der Waals surface area contributed by atoms with Crippen molar-refractivity contribution < 1.29 is 4.79 Å². The predicted octanol–water partition coefficient (Wildman–Crippen LogP) is 3.46. The number of aryl methyl sites for hydroxylation is 1. The first kappa shape index (κ1) is 15.9. The van der Waals surface area contributed by atoms with Gasteiger partial charge in [0.2, 0.25) is 5.91 Å². The SMILES string of the molecule is Cc1cc(=O)[nH]c(-c2ccc(NC(=O)/C=C\c3ccsc3)cc2)n1. The van der Waals surface area contributed by atoms with Crippen LogP contribution >= 0.6 is 11.3 Å². The largest absolute Gasteiger partial charge is 0.323 e. The van der Waals surface area contributed by atoms with Gasteiger partial charge in [0.05, 0.1) is 0 Å². The smallest absolute Gasteiger partial charge is 0.251 e. The predicted molar refractivity (Wildman–Crippen MR) is 97.0 cm³/mol. The van der Waals surface area contributed by atoms with E-state index in [4.69, 9.17) is 0 Å². The number of H-pyrrole nitrogens is 1. The molecule has 0 aliphatic carbocycles. The number of thiophene rings is 1. The number of hydrogen-bond donors (Lipinski definition) is 2. The lowest BCUT2D eigenvalue weighted by Crippen LogP contribution is -2.09. The molecular weight excluding hydrogens is 322 g/mol. The fourth-order valence-corrected chi connectivity index (χ4v) is 2.78. The lowest BCUT2D eigenvalue weighted by Gasteiger charge is -2.05. The zero-order chi connectivity index (χ0) is 16.9. The summed E-state index contributed by atoms with van der Waals surface area (Å²) < 4.78 is 0. The van der Waals surface area contributed by atoms with Crippen molar-refractivity contribution >= 4 is 29.0 Å². The molecule has 1 aromatic carbocycles. The molecule has 2 aromatic heterocycles. The van der Waals surface area contributed by atoms with Crippen molar-refractivity contribution in [1.29, 1.82) is 0 Å². The van der Waals surface area contributed by atoms with Crippen molar-refractivity contribution in [2.45, 2.75) is 6.92 Å². The molecule has 2 N–H and O–H groups in total. The third-order valence-corrected chi connectivity index (χ3v) is 3.97. The van der Waals surface area contributed by atoms with Gasteiger partial charge in [-0.15, -0.1) is 0 Å². The number of aromatic amines is 1. The molecule has 3 aromatic rings. The molecule has 5 nitrogen and oxygen atoms in total. The Bertz CT molecular complexity index is 926. The number of anilines is 1. The molecule has 6 heteroatoms. The van der Waals surface area contributed by atoms with Crippen molar-refractivity contribution in [2.24, 2.45) is 0 Å². The Morgan fingerprint density at radius 3 is 2.71 bits per heavy atom. The van der Waals surface area contributed by atoms with Crippen LogP contribution in [0.15, 0.2) is 58.0 Å². The Morgan fingerprint density at radius 1 is 1.25 bits per heavy atom. The van der Waals surface area contributed by atoms with Crippen LogP contribution in [0.3, 0.4) is 0 Å². The average molecular weight is 337 g/mol. The van der Waals surface area contributed by atoms with E-state index in [1.807, 2.05) is 16.8 Å². The Hall–Kier alpha value is -2.99. The molecule has 3 rings (SSSR count). The maximum atomic E-state index is 11.9. The first-order valence-corrected chi connectivity index (χ1v) is 8.24. The second-order valence-electron chi connectivity index (χ2n) is 5.19. The first-order chi connectivity index (χ1) is 11.6. The monoisotopic (exact) mass is 337 g/mol. The lowest BCUT2D eigenvalue weighted by atomic mass is 10.2. The number of rotatable bonds is 4. The zero-order valence-electron chi connectivity index (χ0n) is 12.9. The molecule has 0 radical (unpaired) electrons. The summed E-state index contributed by atoms with van der Waals surface area (Å²) in [7, 11) is 0. The molecule has 0 saturated heterocycles. The van der Waals surface area contributed by atoms with Crippen molar-refractivity contribution in [3.8, 4) is 11.4 Å². The number of nitrogens with zero attached hydrogens (tertiary/aromatic N) is 1. The molecule has 0 unspecified atom stereocenters. The number of nitrogens with one attached hydrogen (secondary N) is 2. The number of aromatic nitrogens is 2. The zero-order valence-corrected chi connectivity index (χ0v) is 13.8. The topological polar surface area (TPSA) is 74.8 Å². The number of amides is 1. The summed E-state index contributed by atoms with van der Waals surface area (Å²) in [6.07, 6.45) is 3.26. The Morgan fingerprint density at radius 2 is 2.04 bits per heavy atom. The van der Waals surface area contributed by atoms with Crippen LogP contribution in [0.1, 0.15) is 11.3 Å². The highest BCUT2D eigenvalue weighted by molar-refractivity contribution is 7.08. The average Bonchev–Trinajstić information content (AvgIpc) is 3.06. The van der Waals surface area contributed by atoms with E-state index in [1.165, 1.54) is 12.1 Å². The minimum Gasteiger partial charge on any atom is -0.323 e. The van der Waals surface area contributed by atoms with E-state index in [2.05, 4.69) is 15.3 Å². The van der Waals surface area contributed by atoms with Gasteiger partial charge >= 0.3 is 0 Å². The van der Waals surface area contributed by atoms with Crippen LogP contribution in [-0.4, -0.2) is 15.9 Å². The summed E-state index contributed by atoms with van der Waals surface area (Å²) in [4.78, 5) is 30.4. The van der Waals surface area contributed by atoms with Gasteiger partial charge in [-0.2, -0.15) is 11.3 Å². The van der Waals surface area contributed by atoms with Crippen molar-refractivity contribution in [1.82, 2.24) is 9.97 Å². The fourth-order valence-electron chi connectivity index (χ4n) is 2.15. The van der Waals surface area contributed by atoms with Gasteiger partial charge in [-0.05, 0) is 59.7 Å². The van der Waals surface area contributed by atoms with Crippen LogP contribution in [0, 0.1) is 6.92 Å². The number of hydrogen-bond acceptors (Lipinski definition) is 4. The summed E-state index contributed by atoms with van der Waals surface area (Å²) >= 11 is 1.58. The van der Waals surface area contributed by atoms with E-state index in [0.717, 1.165) is 11.1 Å². The van der Waals surface area contributed by atoms with Crippen molar-refractivity contribution in [2.75, 3.05) is 5.32 Å². The highest BCUT2D eigenvalue weighted by atomic mass is 32.1. The van der Waals surface area contributed by atoms with Crippen LogP contribution in [0.4, 0.5) is 5.69 Å². The van der Waals surface area contributed by atoms with Crippen LogP contribution in [0.2, 0.25) is 0 Å². The van der Waals surface area contributed by atoms with E-state index in [1.54, 1.807) is 48.6 Å². The number of carbonyl (C=O) groups excluding carboxylic acids is 1. The molecule has 0 saturated carbocycles. The van der Waals surface area contributed by atoms with Gasteiger partial charge in [-0.3, -0.25) is 9.59 Å². The molecule has 120 valence electrons. The molecule has 0 aliphatic rings. The number of benzene rings is 1. The molecule has 0 bridgehead atoms. The van der Waals surface area contributed by atoms with E-state index < -0.39 is 0 Å². The Balaban J connectivity index is 1.70. The highest BCUT2D eigenvalue weighted by Crippen LogP contribution is 2.17. The fraction of sp³-hybridized carbons (Fsp3) is 0.0556. The molecule has 1 amide bonds. The maximum Gasteiger partial charge on any atom is 0.251 e. The van der Waals surface area contributed by atoms with E-state index >= 15 is 0 Å². The van der Waals surface area contributed by atoms with Crippen LogP contribution in [0.25, 0.3) is 17.5 Å². The van der Waals surface area contributed by atoms with Crippen molar-refractivity contribution in [3.05, 3.63) is 74.8 Å². The van der Waals surface area contributed by atoms with Gasteiger partial charge in [0.1, 0.15) is 5.82 Å².